The average Bonchev–Trinajstić information content (AvgIpc) is 3.34. The van der Waals surface area contributed by atoms with E-state index < -0.39 is 16.1 Å². The van der Waals surface area contributed by atoms with Gasteiger partial charge in [0.2, 0.25) is 6.79 Å². The standard InChI is InChI=1S/C18H13N3O5S2/c22-18-20-13-3-1-2-4-16(13)28(23,24)21(18)8-12-9-27-17(19-12)11-5-6-14-15(7-11)26-10-25-14/h1-7,9H,8,10H2,(H,20,22). The van der Waals surface area contributed by atoms with Crippen molar-refractivity contribution in [3.8, 4) is 22.1 Å². The lowest BCUT2D eigenvalue weighted by molar-refractivity contribution is 0.174. The number of thiazole rings is 1. The van der Waals surface area contributed by atoms with E-state index in [1.807, 2.05) is 12.1 Å². The number of anilines is 1. The van der Waals surface area contributed by atoms with Crippen molar-refractivity contribution in [3.05, 3.63) is 53.5 Å². The fourth-order valence-corrected chi connectivity index (χ4v) is 5.30. The second-order valence-corrected chi connectivity index (χ2v) is 8.84. The number of nitrogens with zero attached hydrogens (tertiary/aromatic N) is 2. The van der Waals surface area contributed by atoms with E-state index in [9.17, 15) is 13.2 Å². The number of carbonyl (C=O) groups excluding carboxylic acids is 1. The number of para-hydroxylation sites is 1. The third-order valence-electron chi connectivity index (χ3n) is 4.40. The number of urea groups is 1. The Kier molecular flexibility index (Phi) is 3.78. The van der Waals surface area contributed by atoms with Crippen molar-refractivity contribution in [2.75, 3.05) is 12.1 Å². The van der Waals surface area contributed by atoms with E-state index in [0.717, 1.165) is 9.87 Å². The molecule has 1 aromatic heterocycles. The van der Waals surface area contributed by atoms with E-state index in [1.54, 1.807) is 29.6 Å². The predicted octanol–water partition coefficient (Wildman–Crippen LogP) is 3.28. The number of fused-ring (bicyclic) bond motifs is 2. The SMILES string of the molecule is O=C1Nc2ccccc2S(=O)(=O)N1Cc1csc(-c2ccc3c(c2)OCO3)n1. The molecule has 0 saturated carbocycles. The summed E-state index contributed by atoms with van der Waals surface area (Å²) in [7, 11) is -3.94. The molecule has 0 atom stereocenters. The van der Waals surface area contributed by atoms with Crippen LogP contribution in [0.2, 0.25) is 0 Å². The van der Waals surface area contributed by atoms with Gasteiger partial charge in [0.15, 0.2) is 11.5 Å². The molecule has 2 aromatic carbocycles. The first-order valence-electron chi connectivity index (χ1n) is 8.29. The van der Waals surface area contributed by atoms with Crippen LogP contribution in [0, 0.1) is 0 Å². The van der Waals surface area contributed by atoms with Gasteiger partial charge in [-0.25, -0.2) is 22.5 Å². The van der Waals surface area contributed by atoms with Crippen molar-refractivity contribution in [3.63, 3.8) is 0 Å². The van der Waals surface area contributed by atoms with Gasteiger partial charge >= 0.3 is 6.03 Å². The van der Waals surface area contributed by atoms with E-state index in [4.69, 9.17) is 9.47 Å². The topological polar surface area (TPSA) is 97.8 Å². The first kappa shape index (κ1) is 17.0. The highest BCUT2D eigenvalue weighted by molar-refractivity contribution is 7.90. The van der Waals surface area contributed by atoms with Gasteiger partial charge in [0.05, 0.1) is 17.9 Å². The van der Waals surface area contributed by atoms with Crippen LogP contribution in [-0.2, 0) is 16.6 Å². The van der Waals surface area contributed by atoms with Crippen LogP contribution in [0.25, 0.3) is 10.6 Å². The van der Waals surface area contributed by atoms with Crippen LogP contribution in [-0.4, -0.2) is 30.5 Å². The molecule has 3 aromatic rings. The minimum absolute atomic E-state index is 0.0702. The van der Waals surface area contributed by atoms with Crippen LogP contribution in [0.3, 0.4) is 0 Å². The Morgan fingerprint density at radius 2 is 1.96 bits per heavy atom. The number of nitrogens with one attached hydrogen (secondary N) is 1. The number of ether oxygens (including phenoxy) is 2. The van der Waals surface area contributed by atoms with Gasteiger partial charge in [-0.3, -0.25) is 0 Å². The molecule has 0 fully saturated rings. The van der Waals surface area contributed by atoms with Crippen molar-refractivity contribution < 1.29 is 22.7 Å². The summed E-state index contributed by atoms with van der Waals surface area (Å²) >= 11 is 1.36. The van der Waals surface area contributed by atoms with E-state index in [2.05, 4.69) is 10.3 Å². The Morgan fingerprint density at radius 1 is 1.14 bits per heavy atom. The molecule has 1 N–H and O–H groups in total. The zero-order chi connectivity index (χ0) is 19.3. The molecule has 0 saturated heterocycles. The highest BCUT2D eigenvalue weighted by atomic mass is 32.2. The summed E-state index contributed by atoms with van der Waals surface area (Å²) in [5.41, 5.74) is 1.59. The number of aromatic nitrogens is 1. The van der Waals surface area contributed by atoms with E-state index in [1.165, 1.54) is 17.4 Å². The molecular weight excluding hydrogens is 402 g/mol. The lowest BCUT2D eigenvalue weighted by atomic mass is 10.2. The monoisotopic (exact) mass is 415 g/mol. The third-order valence-corrected chi connectivity index (χ3v) is 7.13. The average molecular weight is 415 g/mol. The van der Waals surface area contributed by atoms with E-state index in [-0.39, 0.29) is 23.9 Å². The maximum Gasteiger partial charge on any atom is 0.336 e. The summed E-state index contributed by atoms with van der Waals surface area (Å²) in [4.78, 5) is 16.9. The molecule has 0 unspecified atom stereocenters. The van der Waals surface area contributed by atoms with Gasteiger partial charge in [-0.15, -0.1) is 11.3 Å². The van der Waals surface area contributed by atoms with Gasteiger partial charge in [-0.05, 0) is 30.3 Å². The van der Waals surface area contributed by atoms with Gasteiger partial charge in [0, 0.05) is 10.9 Å². The fourth-order valence-electron chi connectivity index (χ4n) is 3.05. The molecule has 0 radical (unpaired) electrons. The third kappa shape index (κ3) is 2.69. The number of rotatable bonds is 3. The minimum Gasteiger partial charge on any atom is -0.454 e. The molecule has 142 valence electrons. The molecule has 2 aliphatic rings. The van der Waals surface area contributed by atoms with Crippen molar-refractivity contribution in [1.82, 2.24) is 9.29 Å². The number of hydrogen-bond acceptors (Lipinski definition) is 7. The highest BCUT2D eigenvalue weighted by Crippen LogP contribution is 2.37. The van der Waals surface area contributed by atoms with Crippen LogP contribution in [0.15, 0.2) is 52.7 Å². The molecule has 2 amide bonds. The summed E-state index contributed by atoms with van der Waals surface area (Å²) in [6.45, 7) is 0.0366. The van der Waals surface area contributed by atoms with Crippen LogP contribution in [0.4, 0.5) is 10.5 Å². The van der Waals surface area contributed by atoms with Crippen molar-refractivity contribution >= 4 is 33.1 Å². The van der Waals surface area contributed by atoms with E-state index in [0.29, 0.717) is 22.2 Å². The molecule has 2 aliphatic heterocycles. The van der Waals surface area contributed by atoms with Gasteiger partial charge in [-0.1, -0.05) is 12.1 Å². The molecule has 8 nitrogen and oxygen atoms in total. The van der Waals surface area contributed by atoms with Crippen LogP contribution >= 0.6 is 11.3 Å². The molecule has 0 bridgehead atoms. The zero-order valence-electron chi connectivity index (χ0n) is 14.3. The van der Waals surface area contributed by atoms with Gasteiger partial charge in [-0.2, -0.15) is 0 Å². The molecule has 0 aliphatic carbocycles. The first-order valence-corrected chi connectivity index (χ1v) is 10.6. The summed E-state index contributed by atoms with van der Waals surface area (Å²) in [5, 5.41) is 5.04. The maximum absolute atomic E-state index is 12.8. The summed E-state index contributed by atoms with van der Waals surface area (Å²) < 4.78 is 37.1. The number of carbonyl (C=O) groups is 1. The minimum atomic E-state index is -3.94. The second-order valence-electron chi connectivity index (χ2n) is 6.15. The maximum atomic E-state index is 12.8. The smallest absolute Gasteiger partial charge is 0.336 e. The predicted molar refractivity (Wildman–Crippen MR) is 102 cm³/mol. The second kappa shape index (κ2) is 6.21. The first-order chi connectivity index (χ1) is 13.5. The number of amides is 2. The number of sulfonamides is 1. The summed E-state index contributed by atoms with van der Waals surface area (Å²) in [6, 6.07) is 11.1. The lowest BCUT2D eigenvalue weighted by Gasteiger charge is -2.28. The quantitative estimate of drug-likeness (QED) is 0.705. The zero-order valence-corrected chi connectivity index (χ0v) is 15.9. The van der Waals surface area contributed by atoms with Crippen LogP contribution in [0.5, 0.6) is 11.5 Å². The van der Waals surface area contributed by atoms with Crippen molar-refractivity contribution in [1.29, 1.82) is 0 Å². The van der Waals surface area contributed by atoms with Crippen LogP contribution < -0.4 is 14.8 Å². The Hall–Kier alpha value is -3.11. The Balaban J connectivity index is 1.44. The molecule has 5 rings (SSSR count). The lowest BCUT2D eigenvalue weighted by Crippen LogP contribution is -2.43. The van der Waals surface area contributed by atoms with E-state index >= 15 is 0 Å². The van der Waals surface area contributed by atoms with Crippen molar-refractivity contribution in [2.45, 2.75) is 11.4 Å². The number of hydrogen-bond donors (Lipinski definition) is 1. The molecule has 3 heterocycles. The summed E-state index contributed by atoms with van der Waals surface area (Å²) in [6.07, 6.45) is 0. The summed E-state index contributed by atoms with van der Waals surface area (Å²) in [5.74, 6) is 1.32. The van der Waals surface area contributed by atoms with Gasteiger partial charge in [0.1, 0.15) is 9.90 Å². The Labute approximate surface area is 164 Å². The molecule has 28 heavy (non-hydrogen) atoms. The Bertz CT molecular complexity index is 1210. The fraction of sp³-hybridized carbons (Fsp3) is 0.111. The van der Waals surface area contributed by atoms with Gasteiger partial charge < -0.3 is 14.8 Å². The van der Waals surface area contributed by atoms with Crippen LogP contribution in [0.1, 0.15) is 5.69 Å². The molecule has 0 spiro atoms. The molecule has 10 heteroatoms. The number of benzene rings is 2. The molecular formula is C18H13N3O5S2. The van der Waals surface area contributed by atoms with Gasteiger partial charge in [0.25, 0.3) is 10.0 Å². The normalized spacial score (nSPS) is 16.6. The highest BCUT2D eigenvalue weighted by Gasteiger charge is 2.36. The largest absolute Gasteiger partial charge is 0.454 e. The Morgan fingerprint density at radius 3 is 2.86 bits per heavy atom. The van der Waals surface area contributed by atoms with Crippen molar-refractivity contribution in [2.24, 2.45) is 0 Å².